The first kappa shape index (κ1) is 16.3. The smallest absolute Gasteiger partial charge is 0.309 e. The lowest BCUT2D eigenvalue weighted by Gasteiger charge is -2.08. The topological polar surface area (TPSA) is 80.3 Å². The lowest BCUT2D eigenvalue weighted by Crippen LogP contribution is -2.20. The summed E-state index contributed by atoms with van der Waals surface area (Å²) in [4.78, 5) is 16.5. The number of benzene rings is 1. The van der Waals surface area contributed by atoms with Crippen LogP contribution in [0.5, 0.6) is 0 Å². The van der Waals surface area contributed by atoms with E-state index in [1.54, 1.807) is 37.5 Å². The first-order valence-corrected chi connectivity index (χ1v) is 8.07. The van der Waals surface area contributed by atoms with Crippen molar-refractivity contribution in [1.82, 2.24) is 14.3 Å². The van der Waals surface area contributed by atoms with Crippen molar-refractivity contribution in [3.63, 3.8) is 0 Å². The first-order valence-electron chi connectivity index (χ1n) is 8.07. The highest BCUT2D eigenvalue weighted by Crippen LogP contribution is 2.28. The summed E-state index contributed by atoms with van der Waals surface area (Å²) in [6.45, 7) is 1.89. The molecule has 0 atom stereocenters. The number of aliphatic hydroxyl groups is 1. The molecule has 0 spiro atoms. The zero-order valence-electron chi connectivity index (χ0n) is 14.0. The Balaban J connectivity index is 1.98. The van der Waals surface area contributed by atoms with Gasteiger partial charge in [0.05, 0.1) is 24.0 Å². The monoisotopic (exact) mass is 353 g/mol. The normalized spacial score (nSPS) is 11.5. The molecule has 3 heterocycles. The van der Waals surface area contributed by atoms with Gasteiger partial charge >= 0.3 is 5.56 Å². The fourth-order valence-electron chi connectivity index (χ4n) is 3.27. The van der Waals surface area contributed by atoms with Crippen molar-refractivity contribution < 1.29 is 14.7 Å². The molecule has 0 saturated carbocycles. The number of aryl methyl sites for hydroxylation is 1. The standard InChI is InChI=1S/C19H16FN3O3/c1-11-6-15-17-13(10-24)9-22(8-12-2-4-14(20)5-3-12)16(17)7-21-18(15)19(25)23(11)26/h2-7,9,24,26H,8,10H2,1H3. The lowest BCUT2D eigenvalue weighted by atomic mass is 10.1. The van der Waals surface area contributed by atoms with Gasteiger partial charge in [-0.1, -0.05) is 12.1 Å². The Labute approximate surface area is 147 Å². The van der Waals surface area contributed by atoms with E-state index in [4.69, 9.17) is 0 Å². The lowest BCUT2D eigenvalue weighted by molar-refractivity contribution is 0.170. The Hall–Kier alpha value is -3.19. The predicted molar refractivity (Wildman–Crippen MR) is 94.8 cm³/mol. The number of rotatable bonds is 3. The average molecular weight is 353 g/mol. The van der Waals surface area contributed by atoms with Gasteiger partial charge in [0.1, 0.15) is 11.3 Å². The second-order valence-electron chi connectivity index (χ2n) is 6.25. The van der Waals surface area contributed by atoms with Crippen LogP contribution in [0.3, 0.4) is 0 Å². The molecule has 4 rings (SSSR count). The molecule has 0 amide bonds. The van der Waals surface area contributed by atoms with Crippen LogP contribution >= 0.6 is 0 Å². The Morgan fingerprint density at radius 2 is 1.96 bits per heavy atom. The molecule has 0 fully saturated rings. The summed E-state index contributed by atoms with van der Waals surface area (Å²) < 4.78 is 15.6. The van der Waals surface area contributed by atoms with Crippen LogP contribution in [0.15, 0.2) is 47.5 Å². The van der Waals surface area contributed by atoms with Gasteiger partial charge in [-0.15, -0.1) is 0 Å². The van der Waals surface area contributed by atoms with Gasteiger partial charge in [0.15, 0.2) is 0 Å². The van der Waals surface area contributed by atoms with Crippen LogP contribution < -0.4 is 5.56 Å². The van der Waals surface area contributed by atoms with Crippen LogP contribution in [0.1, 0.15) is 16.8 Å². The molecule has 0 saturated heterocycles. The Morgan fingerprint density at radius 1 is 1.23 bits per heavy atom. The highest BCUT2D eigenvalue weighted by Gasteiger charge is 2.16. The van der Waals surface area contributed by atoms with Crippen LogP contribution in [0.25, 0.3) is 21.8 Å². The summed E-state index contributed by atoms with van der Waals surface area (Å²) in [6.07, 6.45) is 3.35. The Morgan fingerprint density at radius 3 is 2.65 bits per heavy atom. The summed E-state index contributed by atoms with van der Waals surface area (Å²) in [5.74, 6) is -0.300. The number of nitrogens with zero attached hydrogens (tertiary/aromatic N) is 3. The van der Waals surface area contributed by atoms with Gasteiger partial charge in [0.25, 0.3) is 0 Å². The van der Waals surface area contributed by atoms with E-state index in [9.17, 15) is 19.5 Å². The molecule has 0 bridgehead atoms. The molecular weight excluding hydrogens is 337 g/mol. The SMILES string of the molecule is Cc1cc2c(ncc3c2c(CO)cn3Cc2ccc(F)cc2)c(=O)n1O. The average Bonchev–Trinajstić information content (AvgIpc) is 3.00. The number of fused-ring (bicyclic) bond motifs is 3. The van der Waals surface area contributed by atoms with Gasteiger partial charge in [-0.25, -0.2) is 9.37 Å². The molecule has 7 heteroatoms. The number of pyridine rings is 2. The largest absolute Gasteiger partial charge is 0.425 e. The maximum absolute atomic E-state index is 13.1. The summed E-state index contributed by atoms with van der Waals surface area (Å²) in [5.41, 5.74) is 2.23. The van der Waals surface area contributed by atoms with E-state index < -0.39 is 5.56 Å². The number of halogens is 1. The predicted octanol–water partition coefficient (Wildman–Crippen LogP) is 2.58. The molecule has 1 aromatic carbocycles. The molecule has 6 nitrogen and oxygen atoms in total. The minimum Gasteiger partial charge on any atom is -0.425 e. The summed E-state index contributed by atoms with van der Waals surface area (Å²) >= 11 is 0. The number of aromatic nitrogens is 3. The van der Waals surface area contributed by atoms with Crippen molar-refractivity contribution in [3.8, 4) is 0 Å². The van der Waals surface area contributed by atoms with E-state index >= 15 is 0 Å². The van der Waals surface area contributed by atoms with Gasteiger partial charge in [-0.3, -0.25) is 4.79 Å². The van der Waals surface area contributed by atoms with Crippen LogP contribution in [0, 0.1) is 12.7 Å². The highest BCUT2D eigenvalue weighted by atomic mass is 19.1. The third-order valence-electron chi connectivity index (χ3n) is 4.56. The molecule has 3 aromatic heterocycles. The van der Waals surface area contributed by atoms with Gasteiger partial charge in [-0.2, -0.15) is 4.73 Å². The van der Waals surface area contributed by atoms with E-state index in [0.29, 0.717) is 27.9 Å². The fourth-order valence-corrected chi connectivity index (χ4v) is 3.27. The third kappa shape index (κ3) is 2.44. The van der Waals surface area contributed by atoms with Crippen molar-refractivity contribution in [2.24, 2.45) is 0 Å². The quantitative estimate of drug-likeness (QED) is 0.555. The highest BCUT2D eigenvalue weighted by molar-refractivity contribution is 6.06. The maximum atomic E-state index is 13.1. The molecular formula is C19H16FN3O3. The number of aliphatic hydroxyl groups excluding tert-OH is 1. The Bertz CT molecular complexity index is 1190. The molecule has 2 N–H and O–H groups in total. The van der Waals surface area contributed by atoms with E-state index in [0.717, 1.165) is 16.5 Å². The fraction of sp³-hybridized carbons (Fsp3) is 0.158. The molecule has 26 heavy (non-hydrogen) atoms. The van der Waals surface area contributed by atoms with Crippen LogP contribution in [0.2, 0.25) is 0 Å². The van der Waals surface area contributed by atoms with Crippen molar-refractivity contribution >= 4 is 21.8 Å². The zero-order valence-corrected chi connectivity index (χ0v) is 14.0. The molecule has 132 valence electrons. The van der Waals surface area contributed by atoms with Crippen molar-refractivity contribution in [3.05, 3.63) is 75.7 Å². The molecule has 0 radical (unpaired) electrons. The minimum absolute atomic E-state index is 0.139. The van der Waals surface area contributed by atoms with Crippen LogP contribution in [-0.2, 0) is 13.2 Å². The van der Waals surface area contributed by atoms with Crippen molar-refractivity contribution in [2.75, 3.05) is 0 Å². The summed E-state index contributed by atoms with van der Waals surface area (Å²) in [5, 5.41) is 20.9. The van der Waals surface area contributed by atoms with Gasteiger partial charge in [0, 0.05) is 29.1 Å². The van der Waals surface area contributed by atoms with Crippen LogP contribution in [-0.4, -0.2) is 24.6 Å². The second kappa shape index (κ2) is 5.96. The van der Waals surface area contributed by atoms with Gasteiger partial charge < -0.3 is 14.9 Å². The van der Waals surface area contributed by atoms with Gasteiger partial charge in [0.2, 0.25) is 0 Å². The van der Waals surface area contributed by atoms with Crippen molar-refractivity contribution in [2.45, 2.75) is 20.1 Å². The molecule has 0 aliphatic heterocycles. The molecule has 0 aliphatic rings. The molecule has 4 aromatic rings. The van der Waals surface area contributed by atoms with Gasteiger partial charge in [-0.05, 0) is 30.7 Å². The number of hydrogen-bond acceptors (Lipinski definition) is 4. The zero-order chi connectivity index (χ0) is 18.4. The third-order valence-corrected chi connectivity index (χ3v) is 4.56. The summed E-state index contributed by atoms with van der Waals surface area (Å²) in [7, 11) is 0. The second-order valence-corrected chi connectivity index (χ2v) is 6.25. The molecule has 0 aliphatic carbocycles. The Kier molecular flexibility index (Phi) is 3.73. The van der Waals surface area contributed by atoms with Crippen molar-refractivity contribution in [1.29, 1.82) is 0 Å². The number of hydrogen-bond donors (Lipinski definition) is 2. The summed E-state index contributed by atoms with van der Waals surface area (Å²) in [6, 6.07) is 7.86. The van der Waals surface area contributed by atoms with E-state index in [1.807, 2.05) is 4.57 Å². The maximum Gasteiger partial charge on any atom is 0.309 e. The van der Waals surface area contributed by atoms with E-state index in [1.165, 1.54) is 12.1 Å². The van der Waals surface area contributed by atoms with E-state index in [2.05, 4.69) is 4.98 Å². The first-order chi connectivity index (χ1) is 12.5. The minimum atomic E-state index is -0.600. The molecule has 0 unspecified atom stereocenters. The van der Waals surface area contributed by atoms with Crippen LogP contribution in [0.4, 0.5) is 4.39 Å². The van der Waals surface area contributed by atoms with E-state index in [-0.39, 0.29) is 17.9 Å².